The van der Waals surface area contributed by atoms with E-state index in [0.29, 0.717) is 0 Å². The summed E-state index contributed by atoms with van der Waals surface area (Å²) in [6, 6.07) is 0.734. The molecule has 2 heteroatoms. The summed E-state index contributed by atoms with van der Waals surface area (Å²) in [5, 5.41) is 13.3. The summed E-state index contributed by atoms with van der Waals surface area (Å²) < 4.78 is 0. The molecule has 2 saturated carbocycles. The Kier molecular flexibility index (Phi) is 4.71. The van der Waals surface area contributed by atoms with Crippen molar-refractivity contribution in [2.24, 2.45) is 17.3 Å². The molecule has 0 radical (unpaired) electrons. The van der Waals surface area contributed by atoms with Gasteiger partial charge in [0.2, 0.25) is 0 Å². The van der Waals surface area contributed by atoms with Gasteiger partial charge < -0.3 is 10.4 Å². The second kappa shape index (κ2) is 5.92. The highest BCUT2D eigenvalue weighted by Gasteiger charge is 2.34. The molecule has 0 heterocycles. The molecule has 0 aromatic heterocycles. The minimum Gasteiger partial charge on any atom is -0.393 e. The third-order valence-electron chi connectivity index (χ3n) is 4.72. The molecule has 0 aliphatic heterocycles. The Bertz CT molecular complexity index is 258. The zero-order chi connectivity index (χ0) is 13.2. The predicted octanol–water partition coefficient (Wildman–Crippen LogP) is 3.34. The molecule has 0 aromatic carbocycles. The van der Waals surface area contributed by atoms with Gasteiger partial charge in [-0.2, -0.15) is 0 Å². The summed E-state index contributed by atoms with van der Waals surface area (Å²) >= 11 is 0. The Morgan fingerprint density at radius 2 is 1.89 bits per heavy atom. The molecule has 3 atom stereocenters. The number of hydrogen-bond donors (Lipinski definition) is 2. The van der Waals surface area contributed by atoms with Crippen LogP contribution in [-0.2, 0) is 0 Å². The van der Waals surface area contributed by atoms with E-state index >= 15 is 0 Å². The van der Waals surface area contributed by atoms with Crippen LogP contribution >= 0.6 is 0 Å². The predicted molar refractivity (Wildman–Crippen MR) is 76.6 cm³/mol. The lowest BCUT2D eigenvalue weighted by molar-refractivity contribution is 0.123. The smallest absolute Gasteiger partial charge is 0.0517 e. The average Bonchev–Trinajstić information content (AvgIpc) is 3.09. The van der Waals surface area contributed by atoms with Crippen LogP contribution in [0.3, 0.4) is 0 Å². The van der Waals surface area contributed by atoms with Gasteiger partial charge in [0.05, 0.1) is 6.10 Å². The number of nitrogens with one attached hydrogen (secondary N) is 1. The molecule has 2 fully saturated rings. The van der Waals surface area contributed by atoms with Gasteiger partial charge in [0.25, 0.3) is 0 Å². The molecule has 0 amide bonds. The van der Waals surface area contributed by atoms with E-state index in [9.17, 15) is 5.11 Å². The van der Waals surface area contributed by atoms with Gasteiger partial charge in [0.1, 0.15) is 0 Å². The lowest BCUT2D eigenvalue weighted by Crippen LogP contribution is -2.41. The monoisotopic (exact) mass is 253 g/mol. The van der Waals surface area contributed by atoms with Crippen molar-refractivity contribution in [3.05, 3.63) is 0 Å². The second-order valence-corrected chi connectivity index (χ2v) is 7.56. The lowest BCUT2D eigenvalue weighted by atomic mass is 9.81. The summed E-state index contributed by atoms with van der Waals surface area (Å²) in [6.07, 6.45) is 9.32. The maximum Gasteiger partial charge on any atom is 0.0517 e. The van der Waals surface area contributed by atoms with Crippen molar-refractivity contribution < 1.29 is 5.11 Å². The van der Waals surface area contributed by atoms with Gasteiger partial charge in [-0.25, -0.2) is 0 Å². The fourth-order valence-electron chi connectivity index (χ4n) is 3.70. The van der Waals surface area contributed by atoms with E-state index in [4.69, 9.17) is 0 Å². The minimum absolute atomic E-state index is 0.188. The van der Waals surface area contributed by atoms with E-state index in [-0.39, 0.29) is 11.5 Å². The molecule has 2 rings (SSSR count). The Balaban J connectivity index is 1.71. The van der Waals surface area contributed by atoms with Crippen molar-refractivity contribution in [3.63, 3.8) is 0 Å². The average molecular weight is 253 g/mol. The SMILES string of the molecule is C[C@H](O)CC(C)(C)CN[C@@H]1CCC[C@@H](C2CC2)C1. The highest BCUT2D eigenvalue weighted by Crippen LogP contribution is 2.43. The van der Waals surface area contributed by atoms with Crippen molar-refractivity contribution >= 4 is 0 Å². The van der Waals surface area contributed by atoms with Crippen LogP contribution < -0.4 is 5.32 Å². The highest BCUT2D eigenvalue weighted by atomic mass is 16.3. The second-order valence-electron chi connectivity index (χ2n) is 7.56. The Morgan fingerprint density at radius 3 is 2.50 bits per heavy atom. The number of rotatable bonds is 6. The van der Waals surface area contributed by atoms with E-state index in [1.165, 1.54) is 38.5 Å². The standard InChI is InChI=1S/C16H31NO/c1-12(18)10-16(2,3)11-17-15-6-4-5-14(9-15)13-7-8-13/h12-15,17-18H,4-11H2,1-3H3/t12-,14+,15+/m0/s1. The Morgan fingerprint density at radius 1 is 1.17 bits per heavy atom. The van der Waals surface area contributed by atoms with Crippen LogP contribution in [-0.4, -0.2) is 23.8 Å². The van der Waals surface area contributed by atoms with E-state index < -0.39 is 0 Å². The van der Waals surface area contributed by atoms with Crippen LogP contribution in [0.1, 0.15) is 65.7 Å². The Hall–Kier alpha value is -0.0800. The van der Waals surface area contributed by atoms with Gasteiger partial charge in [0, 0.05) is 12.6 Å². The molecule has 0 bridgehead atoms. The first-order valence-electron chi connectivity index (χ1n) is 7.88. The van der Waals surface area contributed by atoms with Crippen LogP contribution in [0, 0.1) is 17.3 Å². The summed E-state index contributed by atoms with van der Waals surface area (Å²) in [4.78, 5) is 0. The molecule has 2 nitrogen and oxygen atoms in total. The van der Waals surface area contributed by atoms with E-state index in [1.807, 2.05) is 6.92 Å². The van der Waals surface area contributed by atoms with Gasteiger partial charge >= 0.3 is 0 Å². The fourth-order valence-corrected chi connectivity index (χ4v) is 3.70. The molecule has 0 unspecified atom stereocenters. The Labute approximate surface area is 113 Å². The molecule has 0 saturated heterocycles. The third kappa shape index (κ3) is 4.55. The molecular formula is C16H31NO. The van der Waals surface area contributed by atoms with Crippen molar-refractivity contribution in [2.75, 3.05) is 6.54 Å². The molecule has 0 aromatic rings. The fraction of sp³-hybridized carbons (Fsp3) is 1.00. The van der Waals surface area contributed by atoms with E-state index in [2.05, 4.69) is 19.2 Å². The summed E-state index contributed by atoms with van der Waals surface area (Å²) in [5.41, 5.74) is 0.209. The van der Waals surface area contributed by atoms with Crippen LogP contribution in [0.4, 0.5) is 0 Å². The molecular weight excluding hydrogens is 222 g/mol. The van der Waals surface area contributed by atoms with Crippen LogP contribution in [0.2, 0.25) is 0 Å². The van der Waals surface area contributed by atoms with Gasteiger partial charge in [-0.3, -0.25) is 0 Å². The van der Waals surface area contributed by atoms with Gasteiger partial charge in [0.15, 0.2) is 0 Å². The zero-order valence-corrected chi connectivity index (χ0v) is 12.4. The quantitative estimate of drug-likeness (QED) is 0.761. The first kappa shape index (κ1) is 14.3. The lowest BCUT2D eigenvalue weighted by Gasteiger charge is -2.34. The largest absolute Gasteiger partial charge is 0.393 e. The van der Waals surface area contributed by atoms with Crippen LogP contribution in [0.15, 0.2) is 0 Å². The summed E-state index contributed by atoms with van der Waals surface area (Å²) in [6.45, 7) is 7.45. The number of hydrogen-bond acceptors (Lipinski definition) is 2. The summed E-state index contributed by atoms with van der Waals surface area (Å²) in [7, 11) is 0. The minimum atomic E-state index is -0.188. The van der Waals surface area contributed by atoms with Crippen molar-refractivity contribution in [2.45, 2.75) is 77.9 Å². The maximum atomic E-state index is 9.52. The molecule has 2 N–H and O–H groups in total. The normalized spacial score (nSPS) is 31.3. The van der Waals surface area contributed by atoms with Crippen molar-refractivity contribution in [1.29, 1.82) is 0 Å². The van der Waals surface area contributed by atoms with E-state index in [1.54, 1.807) is 0 Å². The maximum absolute atomic E-state index is 9.52. The molecule has 106 valence electrons. The zero-order valence-electron chi connectivity index (χ0n) is 12.4. The van der Waals surface area contributed by atoms with Crippen molar-refractivity contribution in [3.8, 4) is 0 Å². The van der Waals surface area contributed by atoms with E-state index in [0.717, 1.165) is 30.8 Å². The van der Waals surface area contributed by atoms with Gasteiger partial charge in [-0.15, -0.1) is 0 Å². The van der Waals surface area contributed by atoms with Crippen LogP contribution in [0.5, 0.6) is 0 Å². The third-order valence-corrected chi connectivity index (χ3v) is 4.72. The van der Waals surface area contributed by atoms with Crippen LogP contribution in [0.25, 0.3) is 0 Å². The first-order chi connectivity index (χ1) is 8.46. The molecule has 2 aliphatic rings. The van der Waals surface area contributed by atoms with Gasteiger partial charge in [-0.1, -0.05) is 26.7 Å². The highest BCUT2D eigenvalue weighted by molar-refractivity contribution is 4.88. The topological polar surface area (TPSA) is 32.3 Å². The molecule has 2 aliphatic carbocycles. The first-order valence-corrected chi connectivity index (χ1v) is 7.88. The summed E-state index contributed by atoms with van der Waals surface area (Å²) in [5.74, 6) is 2.08. The number of aliphatic hydroxyl groups is 1. The van der Waals surface area contributed by atoms with Crippen molar-refractivity contribution in [1.82, 2.24) is 5.32 Å². The number of aliphatic hydroxyl groups excluding tert-OH is 1. The van der Waals surface area contributed by atoms with Gasteiger partial charge in [-0.05, 0) is 56.3 Å². The molecule has 0 spiro atoms. The molecule has 18 heavy (non-hydrogen) atoms.